The number of esters is 1. The quantitative estimate of drug-likeness (QED) is 0.322. The third-order valence-corrected chi connectivity index (χ3v) is 9.76. The molecule has 0 radical (unpaired) electrons. The monoisotopic (exact) mass is 506 g/mol. The smallest absolute Gasteiger partial charge is 0.306 e. The van der Waals surface area contributed by atoms with Crippen molar-refractivity contribution in [1.29, 1.82) is 0 Å². The van der Waals surface area contributed by atoms with Gasteiger partial charge in [-0.05, 0) is 83.4 Å². The van der Waals surface area contributed by atoms with Gasteiger partial charge in [-0.15, -0.1) is 0 Å². The molecule has 0 heterocycles. The first-order valence-corrected chi connectivity index (χ1v) is 14.1. The first kappa shape index (κ1) is 27.5. The Morgan fingerprint density at radius 3 is 2.30 bits per heavy atom. The molecule has 5 atom stereocenters. The molecule has 0 N–H and O–H groups in total. The molecule has 2 saturated carbocycles. The molecule has 2 aliphatic carbocycles. The Hall–Kier alpha value is -2.49. The van der Waals surface area contributed by atoms with Gasteiger partial charge in [0.2, 0.25) is 0 Å². The highest BCUT2D eigenvalue weighted by Crippen LogP contribution is 2.62. The molecule has 0 bridgehead atoms. The predicted molar refractivity (Wildman–Crippen MR) is 149 cm³/mol. The number of hydrogen-bond acceptors (Lipinski definition) is 4. The van der Waals surface area contributed by atoms with E-state index in [1.807, 2.05) is 36.4 Å². The standard InChI is InChI=1S/C33H46O4/c1-23-13-14-30-32(2,3)15-10-16-33(30,4)29(23)19-26(25-17-27(35-5)21-28(18-25)36-6)20-31(34)37-22-24-11-8-7-9-12-24/h7-9,11-12,17-18,21,23,26,29-30H,10,13-16,19-20,22H2,1-6H3/t23-,26-,29-,30-,33+/m0/s1. The molecule has 0 amide bonds. The van der Waals surface area contributed by atoms with E-state index in [4.69, 9.17) is 14.2 Å². The van der Waals surface area contributed by atoms with Gasteiger partial charge in [0.25, 0.3) is 0 Å². The third-order valence-electron chi connectivity index (χ3n) is 9.76. The normalized spacial score (nSPS) is 27.6. The fourth-order valence-corrected chi connectivity index (χ4v) is 7.82. The van der Waals surface area contributed by atoms with Crippen molar-refractivity contribution >= 4 is 5.97 Å². The Bertz CT molecular complexity index is 1020. The van der Waals surface area contributed by atoms with E-state index in [1.54, 1.807) is 14.2 Å². The van der Waals surface area contributed by atoms with Gasteiger partial charge in [0.1, 0.15) is 18.1 Å². The van der Waals surface area contributed by atoms with Gasteiger partial charge in [-0.1, -0.05) is 70.9 Å². The lowest BCUT2D eigenvalue weighted by Gasteiger charge is -2.59. The maximum absolute atomic E-state index is 13.2. The molecule has 0 aromatic heterocycles. The highest BCUT2D eigenvalue weighted by Gasteiger charge is 2.54. The molecule has 2 aliphatic rings. The van der Waals surface area contributed by atoms with Crippen molar-refractivity contribution in [1.82, 2.24) is 0 Å². The summed E-state index contributed by atoms with van der Waals surface area (Å²) in [5, 5.41) is 0. The van der Waals surface area contributed by atoms with Crippen molar-refractivity contribution in [3.8, 4) is 11.5 Å². The van der Waals surface area contributed by atoms with Crippen LogP contribution in [0, 0.1) is 28.6 Å². The molecular formula is C33H46O4. The molecule has 4 heteroatoms. The fourth-order valence-electron chi connectivity index (χ4n) is 7.82. The number of methoxy groups -OCH3 is 2. The SMILES string of the molecule is COc1cc(OC)cc([C@H](CC(=O)OCc2ccccc2)C[C@H]2[C@@H](C)CC[C@H]3C(C)(C)CCC[C@]23C)c1. The van der Waals surface area contributed by atoms with Gasteiger partial charge in [-0.3, -0.25) is 4.79 Å². The minimum absolute atomic E-state index is 0.0420. The van der Waals surface area contributed by atoms with Crippen LogP contribution in [0.1, 0.15) is 89.7 Å². The summed E-state index contributed by atoms with van der Waals surface area (Å²) >= 11 is 0. The lowest BCUT2D eigenvalue weighted by molar-refractivity contribution is -0.146. The summed E-state index contributed by atoms with van der Waals surface area (Å²) in [5.74, 6) is 3.32. The molecule has 4 nitrogen and oxygen atoms in total. The summed E-state index contributed by atoms with van der Waals surface area (Å²) in [6, 6.07) is 16.0. The van der Waals surface area contributed by atoms with Crippen LogP contribution in [0.2, 0.25) is 0 Å². The number of carbonyl (C=O) groups excluding carboxylic acids is 1. The Labute approximate surface area is 224 Å². The van der Waals surface area contributed by atoms with Crippen molar-refractivity contribution < 1.29 is 19.0 Å². The maximum atomic E-state index is 13.2. The minimum atomic E-state index is -0.148. The van der Waals surface area contributed by atoms with Crippen molar-refractivity contribution in [3.05, 3.63) is 59.7 Å². The zero-order valence-corrected chi connectivity index (χ0v) is 23.7. The van der Waals surface area contributed by atoms with Crippen LogP contribution in [-0.4, -0.2) is 20.2 Å². The van der Waals surface area contributed by atoms with Crippen LogP contribution in [0.4, 0.5) is 0 Å². The first-order valence-electron chi connectivity index (χ1n) is 14.1. The van der Waals surface area contributed by atoms with Gasteiger partial charge < -0.3 is 14.2 Å². The molecule has 2 aromatic rings. The highest BCUT2D eigenvalue weighted by atomic mass is 16.5. The van der Waals surface area contributed by atoms with E-state index in [0.717, 1.165) is 35.0 Å². The molecule has 0 unspecified atom stereocenters. The van der Waals surface area contributed by atoms with Crippen molar-refractivity contribution in [2.75, 3.05) is 14.2 Å². The summed E-state index contributed by atoms with van der Waals surface area (Å²) < 4.78 is 17.0. The van der Waals surface area contributed by atoms with E-state index in [2.05, 4.69) is 39.8 Å². The van der Waals surface area contributed by atoms with E-state index < -0.39 is 0 Å². The topological polar surface area (TPSA) is 44.8 Å². The number of benzene rings is 2. The van der Waals surface area contributed by atoms with E-state index in [-0.39, 0.29) is 17.3 Å². The fraction of sp³-hybridized carbons (Fsp3) is 0.606. The summed E-state index contributed by atoms with van der Waals surface area (Å²) in [6.07, 6.45) is 7.80. The summed E-state index contributed by atoms with van der Waals surface area (Å²) in [7, 11) is 3.36. The van der Waals surface area contributed by atoms with Gasteiger partial charge in [-0.25, -0.2) is 0 Å². The summed E-state index contributed by atoms with van der Waals surface area (Å²) in [6.45, 7) is 10.3. The van der Waals surface area contributed by atoms with E-state index in [1.165, 1.54) is 32.1 Å². The molecule has 37 heavy (non-hydrogen) atoms. The number of hydrogen-bond donors (Lipinski definition) is 0. The second kappa shape index (κ2) is 11.5. The van der Waals surface area contributed by atoms with Gasteiger partial charge in [0.05, 0.1) is 20.6 Å². The van der Waals surface area contributed by atoms with Crippen LogP contribution in [-0.2, 0) is 16.1 Å². The van der Waals surface area contributed by atoms with Gasteiger partial charge >= 0.3 is 5.97 Å². The predicted octanol–water partition coefficient (Wildman–Crippen LogP) is 8.19. The minimum Gasteiger partial charge on any atom is -0.497 e. The van der Waals surface area contributed by atoms with Crippen LogP contribution in [0.5, 0.6) is 11.5 Å². The number of ether oxygens (including phenoxy) is 3. The second-order valence-corrected chi connectivity index (χ2v) is 12.5. The van der Waals surface area contributed by atoms with Crippen LogP contribution >= 0.6 is 0 Å². The van der Waals surface area contributed by atoms with Gasteiger partial charge in [0, 0.05) is 6.07 Å². The third kappa shape index (κ3) is 6.16. The molecular weight excluding hydrogens is 460 g/mol. The first-order chi connectivity index (χ1) is 17.7. The van der Waals surface area contributed by atoms with Crippen LogP contribution in [0.25, 0.3) is 0 Å². The van der Waals surface area contributed by atoms with Crippen molar-refractivity contribution in [2.45, 2.75) is 85.2 Å². The lowest BCUT2D eigenvalue weighted by Crippen LogP contribution is -2.51. The molecule has 0 saturated heterocycles. The number of carbonyl (C=O) groups is 1. The van der Waals surface area contributed by atoms with Crippen LogP contribution in [0.15, 0.2) is 48.5 Å². The molecule has 202 valence electrons. The number of fused-ring (bicyclic) bond motifs is 1. The van der Waals surface area contributed by atoms with Crippen molar-refractivity contribution in [2.24, 2.45) is 28.6 Å². The maximum Gasteiger partial charge on any atom is 0.306 e. The zero-order chi connectivity index (χ0) is 26.6. The Kier molecular flexibility index (Phi) is 8.56. The van der Waals surface area contributed by atoms with Crippen LogP contribution in [0.3, 0.4) is 0 Å². The zero-order valence-electron chi connectivity index (χ0n) is 23.7. The molecule has 2 aromatic carbocycles. The van der Waals surface area contributed by atoms with Crippen molar-refractivity contribution in [3.63, 3.8) is 0 Å². The van der Waals surface area contributed by atoms with E-state index in [9.17, 15) is 4.79 Å². The molecule has 4 rings (SSSR count). The Morgan fingerprint density at radius 2 is 1.65 bits per heavy atom. The summed E-state index contributed by atoms with van der Waals surface area (Å²) in [4.78, 5) is 13.2. The Morgan fingerprint density at radius 1 is 0.973 bits per heavy atom. The summed E-state index contributed by atoms with van der Waals surface area (Å²) in [5.41, 5.74) is 2.76. The second-order valence-electron chi connectivity index (χ2n) is 12.5. The number of rotatable bonds is 9. The average Bonchev–Trinajstić information content (AvgIpc) is 2.88. The van der Waals surface area contributed by atoms with E-state index >= 15 is 0 Å². The van der Waals surface area contributed by atoms with Gasteiger partial charge in [-0.2, -0.15) is 0 Å². The Balaban J connectivity index is 1.62. The van der Waals surface area contributed by atoms with E-state index in [0.29, 0.717) is 30.3 Å². The highest BCUT2D eigenvalue weighted by molar-refractivity contribution is 5.70. The molecule has 2 fully saturated rings. The average molecular weight is 507 g/mol. The largest absolute Gasteiger partial charge is 0.497 e. The van der Waals surface area contributed by atoms with Crippen LogP contribution < -0.4 is 9.47 Å². The van der Waals surface area contributed by atoms with Gasteiger partial charge in [0.15, 0.2) is 0 Å². The molecule has 0 spiro atoms. The molecule has 0 aliphatic heterocycles. The lowest BCUT2D eigenvalue weighted by atomic mass is 9.45.